The van der Waals surface area contributed by atoms with Crippen molar-refractivity contribution in [3.8, 4) is 45.5 Å². The quantitative estimate of drug-likeness (QED) is 0.714. The molecule has 0 atom stereocenters. The average Bonchev–Trinajstić information content (AvgIpc) is 2.71. The van der Waals surface area contributed by atoms with Gasteiger partial charge in [0.2, 0.25) is 5.95 Å². The average molecular weight is 367 g/mol. The van der Waals surface area contributed by atoms with Crippen LogP contribution in [0.2, 0.25) is 0 Å². The van der Waals surface area contributed by atoms with Crippen LogP contribution in [0.4, 0.5) is 5.95 Å². The van der Waals surface area contributed by atoms with Crippen molar-refractivity contribution in [3.05, 3.63) is 42.5 Å². The zero-order valence-electron chi connectivity index (χ0n) is 15.6. The van der Waals surface area contributed by atoms with Gasteiger partial charge in [-0.25, -0.2) is 9.97 Å². The van der Waals surface area contributed by atoms with E-state index >= 15 is 0 Å². The summed E-state index contributed by atoms with van der Waals surface area (Å²) < 4.78 is 21.6. The predicted molar refractivity (Wildman–Crippen MR) is 104 cm³/mol. The molecular formula is C20H21N3O4. The molecule has 1 aromatic heterocycles. The molecule has 3 rings (SSSR count). The molecule has 27 heavy (non-hydrogen) atoms. The second-order valence-corrected chi connectivity index (χ2v) is 5.60. The van der Waals surface area contributed by atoms with Crippen LogP contribution in [0.15, 0.2) is 42.5 Å². The molecule has 3 aromatic rings. The molecule has 140 valence electrons. The van der Waals surface area contributed by atoms with E-state index in [0.29, 0.717) is 34.4 Å². The fraction of sp³-hybridized carbons (Fsp3) is 0.200. The van der Waals surface area contributed by atoms with E-state index in [4.69, 9.17) is 24.7 Å². The van der Waals surface area contributed by atoms with E-state index < -0.39 is 0 Å². The maximum Gasteiger partial charge on any atom is 0.221 e. The Morgan fingerprint density at radius 3 is 2.04 bits per heavy atom. The molecule has 1 heterocycles. The van der Waals surface area contributed by atoms with Gasteiger partial charge in [0.25, 0.3) is 0 Å². The van der Waals surface area contributed by atoms with Crippen molar-refractivity contribution in [2.75, 3.05) is 34.2 Å². The van der Waals surface area contributed by atoms with Gasteiger partial charge in [-0.15, -0.1) is 0 Å². The maximum atomic E-state index is 5.98. The Kier molecular flexibility index (Phi) is 5.30. The third kappa shape index (κ3) is 3.57. The van der Waals surface area contributed by atoms with Crippen LogP contribution in [-0.2, 0) is 0 Å². The van der Waals surface area contributed by atoms with E-state index in [9.17, 15) is 0 Å². The first-order valence-electron chi connectivity index (χ1n) is 8.19. The highest BCUT2D eigenvalue weighted by Gasteiger charge is 2.16. The highest BCUT2D eigenvalue weighted by molar-refractivity contribution is 5.77. The van der Waals surface area contributed by atoms with Crippen LogP contribution >= 0.6 is 0 Å². The third-order valence-electron chi connectivity index (χ3n) is 4.11. The molecule has 2 aromatic carbocycles. The molecule has 0 saturated heterocycles. The van der Waals surface area contributed by atoms with E-state index in [2.05, 4.69) is 9.97 Å². The van der Waals surface area contributed by atoms with Crippen molar-refractivity contribution < 1.29 is 18.9 Å². The molecule has 0 radical (unpaired) electrons. The van der Waals surface area contributed by atoms with Gasteiger partial charge in [0, 0.05) is 17.2 Å². The van der Waals surface area contributed by atoms with Crippen LogP contribution in [0.3, 0.4) is 0 Å². The van der Waals surface area contributed by atoms with Crippen LogP contribution in [-0.4, -0.2) is 38.4 Å². The predicted octanol–water partition coefficient (Wildman–Crippen LogP) is 3.43. The molecule has 0 saturated carbocycles. The Labute approximate surface area is 157 Å². The normalized spacial score (nSPS) is 10.4. The summed E-state index contributed by atoms with van der Waals surface area (Å²) in [5.74, 6) is 2.63. The molecule has 0 aliphatic heterocycles. The molecule has 7 nitrogen and oxygen atoms in total. The zero-order valence-corrected chi connectivity index (χ0v) is 15.6. The lowest BCUT2D eigenvalue weighted by atomic mass is 10.1. The smallest absolute Gasteiger partial charge is 0.221 e. The summed E-state index contributed by atoms with van der Waals surface area (Å²) in [6, 6.07) is 12.9. The van der Waals surface area contributed by atoms with Crippen LogP contribution in [0.1, 0.15) is 0 Å². The van der Waals surface area contributed by atoms with E-state index in [0.717, 1.165) is 11.1 Å². The number of aromatic nitrogens is 2. The van der Waals surface area contributed by atoms with Gasteiger partial charge in [0.15, 0.2) is 11.5 Å². The zero-order chi connectivity index (χ0) is 19.4. The van der Waals surface area contributed by atoms with Gasteiger partial charge >= 0.3 is 0 Å². The number of hydrogen-bond donors (Lipinski definition) is 1. The molecule has 0 aliphatic carbocycles. The minimum Gasteiger partial charge on any atom is -0.497 e. The summed E-state index contributed by atoms with van der Waals surface area (Å²) in [4.78, 5) is 8.73. The Hall–Kier alpha value is -3.48. The van der Waals surface area contributed by atoms with E-state index in [1.807, 2.05) is 36.4 Å². The molecule has 0 amide bonds. The van der Waals surface area contributed by atoms with Crippen molar-refractivity contribution in [2.24, 2.45) is 0 Å². The van der Waals surface area contributed by atoms with Crippen molar-refractivity contribution in [2.45, 2.75) is 0 Å². The van der Waals surface area contributed by atoms with Crippen LogP contribution in [0.25, 0.3) is 22.5 Å². The van der Waals surface area contributed by atoms with Gasteiger partial charge in [0.05, 0.1) is 39.8 Å². The molecule has 7 heteroatoms. The van der Waals surface area contributed by atoms with Crippen molar-refractivity contribution in [1.29, 1.82) is 0 Å². The molecule has 0 unspecified atom stereocenters. The number of ether oxygens (including phenoxy) is 4. The van der Waals surface area contributed by atoms with Crippen LogP contribution in [0.5, 0.6) is 23.0 Å². The highest BCUT2D eigenvalue weighted by atomic mass is 16.5. The number of benzene rings is 2. The second kappa shape index (κ2) is 7.82. The summed E-state index contributed by atoms with van der Waals surface area (Å²) >= 11 is 0. The number of nitrogen functional groups attached to an aromatic ring is 1. The maximum absolute atomic E-state index is 5.98. The number of nitrogens with two attached hydrogens (primary N) is 1. The molecule has 0 aliphatic rings. The van der Waals surface area contributed by atoms with E-state index in [1.165, 1.54) is 0 Å². The monoisotopic (exact) mass is 367 g/mol. The lowest BCUT2D eigenvalue weighted by Gasteiger charge is -2.14. The molecule has 0 bridgehead atoms. The first kappa shape index (κ1) is 18.3. The van der Waals surface area contributed by atoms with E-state index in [-0.39, 0.29) is 5.95 Å². The van der Waals surface area contributed by atoms with E-state index in [1.54, 1.807) is 34.5 Å². The minimum atomic E-state index is 0.144. The standard InChI is InChI=1S/C20H21N3O4/c1-24-12-8-9-13(18(10-12)26-3)15-11-16(23-20(21)22-15)14-6-5-7-17(25-2)19(14)27-4/h5-11H,1-4H3,(H2,21,22,23). The number of nitrogens with zero attached hydrogens (tertiary/aromatic N) is 2. The second-order valence-electron chi connectivity index (χ2n) is 5.60. The van der Waals surface area contributed by atoms with Crippen molar-refractivity contribution in [3.63, 3.8) is 0 Å². The van der Waals surface area contributed by atoms with Crippen molar-refractivity contribution >= 4 is 5.95 Å². The van der Waals surface area contributed by atoms with Gasteiger partial charge in [0.1, 0.15) is 11.5 Å². The molecular weight excluding hydrogens is 346 g/mol. The number of para-hydroxylation sites is 1. The number of anilines is 1. The Bertz CT molecular complexity index is 960. The largest absolute Gasteiger partial charge is 0.497 e. The first-order chi connectivity index (χ1) is 13.1. The Balaban J connectivity index is 2.17. The van der Waals surface area contributed by atoms with Crippen molar-refractivity contribution in [1.82, 2.24) is 9.97 Å². The van der Waals surface area contributed by atoms with Gasteiger partial charge in [-0.3, -0.25) is 0 Å². The fourth-order valence-electron chi connectivity index (χ4n) is 2.84. The number of rotatable bonds is 6. The van der Waals surface area contributed by atoms with Gasteiger partial charge in [-0.1, -0.05) is 6.07 Å². The molecule has 2 N–H and O–H groups in total. The molecule has 0 fully saturated rings. The minimum absolute atomic E-state index is 0.144. The summed E-state index contributed by atoms with van der Waals surface area (Å²) in [5, 5.41) is 0. The Morgan fingerprint density at radius 2 is 1.41 bits per heavy atom. The first-order valence-corrected chi connectivity index (χ1v) is 8.19. The van der Waals surface area contributed by atoms with Gasteiger partial charge in [-0.2, -0.15) is 0 Å². The highest BCUT2D eigenvalue weighted by Crippen LogP contribution is 2.39. The summed E-state index contributed by atoms with van der Waals surface area (Å²) in [7, 11) is 6.36. The topological polar surface area (TPSA) is 88.7 Å². The van der Waals surface area contributed by atoms with Gasteiger partial charge < -0.3 is 24.7 Å². The fourth-order valence-corrected chi connectivity index (χ4v) is 2.84. The SMILES string of the molecule is COc1ccc(-c2cc(-c3cccc(OC)c3OC)nc(N)n2)c(OC)c1. The van der Waals surface area contributed by atoms with Gasteiger partial charge in [-0.05, 0) is 30.3 Å². The lowest BCUT2D eigenvalue weighted by Crippen LogP contribution is -2.01. The summed E-state index contributed by atoms with van der Waals surface area (Å²) in [5.41, 5.74) is 8.75. The van der Waals surface area contributed by atoms with Crippen LogP contribution in [0, 0.1) is 0 Å². The van der Waals surface area contributed by atoms with Crippen LogP contribution < -0.4 is 24.7 Å². The number of hydrogen-bond acceptors (Lipinski definition) is 7. The summed E-state index contributed by atoms with van der Waals surface area (Å²) in [6.45, 7) is 0. The summed E-state index contributed by atoms with van der Waals surface area (Å²) in [6.07, 6.45) is 0. The third-order valence-corrected chi connectivity index (χ3v) is 4.11. The number of methoxy groups -OCH3 is 4. The Morgan fingerprint density at radius 1 is 0.704 bits per heavy atom. The molecule has 0 spiro atoms. The lowest BCUT2D eigenvalue weighted by molar-refractivity contribution is 0.356.